The van der Waals surface area contributed by atoms with Gasteiger partial charge in [-0.3, -0.25) is 9.69 Å². The molecule has 11 nitrogen and oxygen atoms in total. The van der Waals surface area contributed by atoms with Crippen molar-refractivity contribution in [2.24, 2.45) is 0 Å². The Bertz CT molecular complexity index is 1460. The minimum Gasteiger partial charge on any atom is -0.351 e. The van der Waals surface area contributed by atoms with E-state index < -0.39 is 12.1 Å². The molecule has 0 bridgehead atoms. The number of likely N-dealkylation sites (N-methyl/N-ethyl adjacent to an activating group) is 1. The predicted octanol–water partition coefficient (Wildman–Crippen LogP) is 4.55. The van der Waals surface area contributed by atoms with Gasteiger partial charge < -0.3 is 30.2 Å². The number of hydrogen-bond donors (Lipinski definition) is 2. The van der Waals surface area contributed by atoms with E-state index in [1.54, 1.807) is 5.06 Å². The van der Waals surface area contributed by atoms with E-state index in [1.807, 2.05) is 28.0 Å². The van der Waals surface area contributed by atoms with Gasteiger partial charge in [-0.05, 0) is 79.8 Å². The summed E-state index contributed by atoms with van der Waals surface area (Å²) in [6, 6.07) is 14.2. The van der Waals surface area contributed by atoms with Crippen molar-refractivity contribution in [3.8, 4) is 0 Å². The summed E-state index contributed by atoms with van der Waals surface area (Å²) in [4.78, 5) is 55.4. The number of hydrogen-bond acceptors (Lipinski definition) is 7. The fraction of sp³-hybridized carbons (Fsp3) is 0.615. The van der Waals surface area contributed by atoms with E-state index in [-0.39, 0.29) is 18.0 Å². The molecule has 4 aliphatic heterocycles. The Balaban J connectivity index is 1.05. The molecule has 0 saturated carbocycles. The Labute approximate surface area is 298 Å². The topological polar surface area (TPSA) is 101 Å². The zero-order valence-electron chi connectivity index (χ0n) is 30.4. The molecule has 0 unspecified atom stereocenters. The summed E-state index contributed by atoms with van der Waals surface area (Å²) in [6.07, 6.45) is 5.81. The molecule has 4 aliphatic rings. The van der Waals surface area contributed by atoms with Crippen LogP contribution in [0.4, 0.5) is 15.3 Å². The highest BCUT2D eigenvalue weighted by Crippen LogP contribution is 2.25. The molecule has 4 amide bonds. The number of rotatable bonds is 10. The Kier molecular flexibility index (Phi) is 12.3. The molecule has 6 rings (SSSR count). The van der Waals surface area contributed by atoms with Crippen molar-refractivity contribution in [1.29, 1.82) is 0 Å². The van der Waals surface area contributed by atoms with Crippen LogP contribution in [-0.2, 0) is 35.3 Å². The van der Waals surface area contributed by atoms with Crippen molar-refractivity contribution in [2.75, 3.05) is 70.8 Å². The summed E-state index contributed by atoms with van der Waals surface area (Å²) in [5, 5.41) is 7.72. The molecule has 2 N–H and O–H groups in total. The highest BCUT2D eigenvalue weighted by Gasteiger charge is 2.35. The lowest BCUT2D eigenvalue weighted by Crippen LogP contribution is -2.56. The van der Waals surface area contributed by atoms with Gasteiger partial charge in [0.2, 0.25) is 5.91 Å². The standard InChI is InChI=1S/C39H57N7O4/c1-4-30-12-11-29(27-31(30)5-2)28-36(37(47)44-18-14-33(15-19-44)43-25-23-42(6-3)24-26-43)41-39(49)50-45-20-16-34(17-21-45)46-22-13-32-9-7-8-10-35(32)40-38(46)48/h7-12,27,33-34,36H,4-6,13-26,28H2,1-3H3,(H,40,48)(H,41,49)/t36-/m1/s1. The molecule has 272 valence electrons. The van der Waals surface area contributed by atoms with Gasteiger partial charge in [-0.15, -0.1) is 5.06 Å². The fourth-order valence-electron chi connectivity index (χ4n) is 8.30. The second-order valence-corrected chi connectivity index (χ2v) is 14.3. The van der Waals surface area contributed by atoms with Gasteiger partial charge in [-0.1, -0.05) is 57.2 Å². The summed E-state index contributed by atoms with van der Waals surface area (Å²) in [6.45, 7) is 15.1. The van der Waals surface area contributed by atoms with Crippen molar-refractivity contribution in [3.63, 3.8) is 0 Å². The van der Waals surface area contributed by atoms with Crippen molar-refractivity contribution >= 4 is 23.7 Å². The Morgan fingerprint density at radius 1 is 0.840 bits per heavy atom. The number of aryl methyl sites for hydroxylation is 2. The van der Waals surface area contributed by atoms with Crippen LogP contribution in [0.2, 0.25) is 0 Å². The van der Waals surface area contributed by atoms with Crippen LogP contribution in [0, 0.1) is 0 Å². The number of amides is 4. The van der Waals surface area contributed by atoms with E-state index in [1.165, 1.54) is 11.1 Å². The fourth-order valence-corrected chi connectivity index (χ4v) is 8.30. The number of piperidine rings is 2. The second-order valence-electron chi connectivity index (χ2n) is 14.3. The van der Waals surface area contributed by atoms with Crippen LogP contribution in [0.15, 0.2) is 42.5 Å². The number of carbonyl (C=O) groups is 3. The maximum absolute atomic E-state index is 14.1. The number of likely N-dealkylation sites (tertiary alicyclic amines) is 1. The first-order valence-corrected chi connectivity index (χ1v) is 19.1. The summed E-state index contributed by atoms with van der Waals surface area (Å²) in [7, 11) is 0. The first kappa shape index (κ1) is 36.1. The molecule has 0 aromatic heterocycles. The normalized spacial score (nSPS) is 20.9. The highest BCUT2D eigenvalue weighted by molar-refractivity contribution is 5.91. The number of piperazine rings is 1. The van der Waals surface area contributed by atoms with Gasteiger partial charge in [0.15, 0.2) is 0 Å². The molecule has 2 aromatic rings. The minimum absolute atomic E-state index is 0.0410. The van der Waals surface area contributed by atoms with E-state index in [9.17, 15) is 14.4 Å². The Morgan fingerprint density at radius 2 is 1.54 bits per heavy atom. The number of carbonyl (C=O) groups excluding carboxylic acids is 3. The van der Waals surface area contributed by atoms with Gasteiger partial charge in [0.1, 0.15) is 6.04 Å². The van der Waals surface area contributed by atoms with E-state index in [2.05, 4.69) is 65.5 Å². The monoisotopic (exact) mass is 687 g/mol. The number of urea groups is 1. The Morgan fingerprint density at radius 3 is 2.24 bits per heavy atom. The van der Waals surface area contributed by atoms with E-state index in [0.717, 1.165) is 81.6 Å². The molecule has 0 aliphatic carbocycles. The van der Waals surface area contributed by atoms with Gasteiger partial charge in [0.05, 0.1) is 0 Å². The van der Waals surface area contributed by atoms with Crippen LogP contribution in [0.3, 0.4) is 0 Å². The van der Waals surface area contributed by atoms with Crippen LogP contribution in [0.25, 0.3) is 0 Å². The van der Waals surface area contributed by atoms with E-state index in [0.29, 0.717) is 58.0 Å². The quantitative estimate of drug-likeness (QED) is 0.378. The molecule has 0 spiro atoms. The van der Waals surface area contributed by atoms with Crippen LogP contribution in [-0.4, -0.2) is 126 Å². The van der Waals surface area contributed by atoms with E-state index in [4.69, 9.17) is 4.84 Å². The molecule has 11 heteroatoms. The molecule has 2 aromatic carbocycles. The number of benzene rings is 2. The summed E-state index contributed by atoms with van der Waals surface area (Å²) in [5.41, 5.74) is 5.67. The number of hydroxylamine groups is 2. The lowest BCUT2D eigenvalue weighted by Gasteiger charge is -2.43. The number of para-hydroxylation sites is 1. The van der Waals surface area contributed by atoms with Crippen LogP contribution >= 0.6 is 0 Å². The van der Waals surface area contributed by atoms with Crippen molar-refractivity contribution in [2.45, 2.75) is 90.3 Å². The first-order chi connectivity index (χ1) is 24.3. The third-order valence-electron chi connectivity index (χ3n) is 11.4. The van der Waals surface area contributed by atoms with Crippen molar-refractivity contribution in [1.82, 2.24) is 30.0 Å². The largest absolute Gasteiger partial charge is 0.426 e. The van der Waals surface area contributed by atoms with Crippen LogP contribution in [0.5, 0.6) is 0 Å². The Hall–Kier alpha value is -3.67. The molecular weight excluding hydrogens is 630 g/mol. The smallest absolute Gasteiger partial charge is 0.351 e. The molecular formula is C39H57N7O4. The zero-order valence-corrected chi connectivity index (χ0v) is 30.4. The zero-order chi connectivity index (χ0) is 35.0. The minimum atomic E-state index is -0.718. The lowest BCUT2D eigenvalue weighted by molar-refractivity contribution is -0.137. The van der Waals surface area contributed by atoms with Gasteiger partial charge in [0, 0.05) is 83.1 Å². The van der Waals surface area contributed by atoms with Gasteiger partial charge in [-0.2, -0.15) is 0 Å². The third kappa shape index (κ3) is 8.79. The molecule has 3 saturated heterocycles. The molecule has 3 fully saturated rings. The van der Waals surface area contributed by atoms with Crippen LogP contribution in [0.1, 0.15) is 68.7 Å². The number of nitrogens with zero attached hydrogens (tertiary/aromatic N) is 5. The predicted molar refractivity (Wildman–Crippen MR) is 196 cm³/mol. The second kappa shape index (κ2) is 17.0. The molecule has 1 atom stereocenters. The van der Waals surface area contributed by atoms with Crippen molar-refractivity contribution < 1.29 is 19.2 Å². The third-order valence-corrected chi connectivity index (χ3v) is 11.4. The van der Waals surface area contributed by atoms with Crippen LogP contribution < -0.4 is 10.6 Å². The summed E-state index contributed by atoms with van der Waals surface area (Å²) < 4.78 is 0. The molecule has 50 heavy (non-hydrogen) atoms. The maximum Gasteiger partial charge on any atom is 0.426 e. The number of nitrogens with one attached hydrogen (secondary N) is 2. The summed E-state index contributed by atoms with van der Waals surface area (Å²) in [5.74, 6) is -0.0410. The van der Waals surface area contributed by atoms with Gasteiger partial charge >= 0.3 is 12.1 Å². The average Bonchev–Trinajstić information content (AvgIpc) is 3.32. The average molecular weight is 688 g/mol. The highest BCUT2D eigenvalue weighted by atomic mass is 16.7. The van der Waals surface area contributed by atoms with Crippen molar-refractivity contribution in [3.05, 3.63) is 64.7 Å². The number of fused-ring (bicyclic) bond motifs is 1. The lowest BCUT2D eigenvalue weighted by atomic mass is 9.96. The molecule has 4 heterocycles. The van der Waals surface area contributed by atoms with E-state index >= 15 is 0 Å². The molecule has 0 radical (unpaired) electrons. The SMILES string of the molecule is CCc1ccc(C[C@@H](NC(=O)ON2CCC(N3CCc4ccccc4NC3=O)CC2)C(=O)N2CCC(N3CCN(CC)CC3)CC2)cc1CC. The summed E-state index contributed by atoms with van der Waals surface area (Å²) >= 11 is 0. The van der Waals surface area contributed by atoms with Gasteiger partial charge in [0.25, 0.3) is 0 Å². The maximum atomic E-state index is 14.1. The number of anilines is 1. The van der Waals surface area contributed by atoms with Gasteiger partial charge in [-0.25, -0.2) is 9.59 Å². The first-order valence-electron chi connectivity index (χ1n) is 19.1.